The highest BCUT2D eigenvalue weighted by atomic mass is 35.5. The van der Waals surface area contributed by atoms with E-state index in [0.29, 0.717) is 41.3 Å². The van der Waals surface area contributed by atoms with Crippen molar-refractivity contribution in [3.63, 3.8) is 0 Å². The molecular formula is C28H46ClN7O4S2. The van der Waals surface area contributed by atoms with E-state index in [0.717, 1.165) is 69.7 Å². The van der Waals surface area contributed by atoms with Gasteiger partial charge in [0.2, 0.25) is 15.9 Å². The Hall–Kier alpha value is -2.10. The molecule has 1 aromatic heterocycles. The van der Waals surface area contributed by atoms with Gasteiger partial charge in [-0.05, 0) is 108 Å². The Morgan fingerprint density at radius 1 is 0.810 bits per heavy atom. The third-order valence-corrected chi connectivity index (χ3v) is 9.64. The van der Waals surface area contributed by atoms with Crippen LogP contribution in [0, 0.1) is 0 Å². The predicted molar refractivity (Wildman–Crippen MR) is 170 cm³/mol. The molecular weight excluding hydrogens is 598 g/mol. The molecule has 42 heavy (non-hydrogen) atoms. The van der Waals surface area contributed by atoms with Gasteiger partial charge in [0.05, 0.1) is 12.6 Å². The molecule has 0 aliphatic carbocycles. The summed E-state index contributed by atoms with van der Waals surface area (Å²) in [5.41, 5.74) is 11.9. The summed E-state index contributed by atoms with van der Waals surface area (Å²) < 4.78 is 28.0. The Morgan fingerprint density at radius 2 is 1.45 bits per heavy atom. The van der Waals surface area contributed by atoms with Gasteiger partial charge in [-0.15, -0.1) is 11.3 Å². The van der Waals surface area contributed by atoms with Gasteiger partial charge in [0.25, 0.3) is 5.91 Å². The molecule has 0 saturated heterocycles. The molecule has 236 valence electrons. The number of carbonyl (C=O) groups is 2. The lowest BCUT2D eigenvalue weighted by atomic mass is 10.1. The Bertz CT molecular complexity index is 1160. The van der Waals surface area contributed by atoms with Crippen LogP contribution in [-0.4, -0.2) is 72.1 Å². The largest absolute Gasteiger partial charge is 0.355 e. The second-order valence-corrected chi connectivity index (χ2v) is 13.5. The van der Waals surface area contributed by atoms with Crippen LogP contribution in [0.5, 0.6) is 0 Å². The minimum atomic E-state index is -3.66. The van der Waals surface area contributed by atoms with Crippen molar-refractivity contribution in [2.24, 2.45) is 11.5 Å². The Morgan fingerprint density at radius 3 is 2.14 bits per heavy atom. The monoisotopic (exact) mass is 643 g/mol. The number of carbonyl (C=O) groups excluding carboxylic acids is 2. The molecule has 2 amide bonds. The number of nitrogens with two attached hydrogens (primary N) is 2. The summed E-state index contributed by atoms with van der Waals surface area (Å²) in [7, 11) is -3.66. The number of amides is 2. The molecule has 0 aliphatic rings. The predicted octanol–water partition coefficient (Wildman–Crippen LogP) is 1.92. The molecule has 1 atom stereocenters. The molecule has 0 radical (unpaired) electrons. The van der Waals surface area contributed by atoms with Crippen LogP contribution in [0.15, 0.2) is 40.6 Å². The SMILES string of the molecule is NCCCNCCCCNCCCNC(=O)[C@@H](N)CCCCNS(=O)(=O)c1ccc(CNC(=O)c2ccc(Cl)cc2)s1. The third kappa shape index (κ3) is 14.9. The highest BCUT2D eigenvalue weighted by Crippen LogP contribution is 2.21. The summed E-state index contributed by atoms with van der Waals surface area (Å²) in [5.74, 6) is -0.454. The molecule has 14 heteroatoms. The van der Waals surface area contributed by atoms with Crippen LogP contribution in [-0.2, 0) is 21.4 Å². The summed E-state index contributed by atoms with van der Waals surface area (Å²) in [6.07, 6.45) is 5.70. The molecule has 9 N–H and O–H groups in total. The normalized spacial score (nSPS) is 12.3. The molecule has 2 rings (SSSR count). The van der Waals surface area contributed by atoms with E-state index >= 15 is 0 Å². The van der Waals surface area contributed by atoms with E-state index in [1.165, 1.54) is 6.07 Å². The van der Waals surface area contributed by atoms with E-state index in [2.05, 4.69) is 26.0 Å². The van der Waals surface area contributed by atoms with E-state index in [-0.39, 0.29) is 29.1 Å². The lowest BCUT2D eigenvalue weighted by molar-refractivity contribution is -0.122. The maximum absolute atomic E-state index is 12.6. The van der Waals surface area contributed by atoms with E-state index in [4.69, 9.17) is 23.1 Å². The average molecular weight is 644 g/mol. The summed E-state index contributed by atoms with van der Waals surface area (Å²) in [4.78, 5) is 25.2. The average Bonchev–Trinajstić information content (AvgIpc) is 3.46. The minimum Gasteiger partial charge on any atom is -0.355 e. The Labute approximate surface area is 259 Å². The minimum absolute atomic E-state index is 0.180. The van der Waals surface area contributed by atoms with Gasteiger partial charge in [0.1, 0.15) is 4.21 Å². The lowest BCUT2D eigenvalue weighted by Gasteiger charge is -2.12. The van der Waals surface area contributed by atoms with Crippen molar-refractivity contribution in [1.82, 2.24) is 26.0 Å². The molecule has 0 spiro atoms. The number of thiophene rings is 1. The van der Waals surface area contributed by atoms with Gasteiger partial charge in [0.15, 0.2) is 0 Å². The number of unbranched alkanes of at least 4 members (excludes halogenated alkanes) is 2. The van der Waals surface area contributed by atoms with Crippen molar-refractivity contribution >= 4 is 44.8 Å². The smallest absolute Gasteiger partial charge is 0.251 e. The highest BCUT2D eigenvalue weighted by Gasteiger charge is 2.17. The van der Waals surface area contributed by atoms with Crippen molar-refractivity contribution in [2.45, 2.75) is 61.7 Å². The van der Waals surface area contributed by atoms with Crippen molar-refractivity contribution in [2.75, 3.05) is 45.8 Å². The number of halogens is 1. The quantitative estimate of drug-likeness (QED) is 0.0897. The summed E-state index contributed by atoms with van der Waals surface area (Å²) in [6, 6.07) is 9.10. The molecule has 2 aromatic rings. The summed E-state index contributed by atoms with van der Waals surface area (Å²) in [6.45, 7) is 5.50. The van der Waals surface area contributed by atoms with E-state index in [9.17, 15) is 18.0 Å². The molecule has 0 fully saturated rings. The topological polar surface area (TPSA) is 180 Å². The molecule has 0 saturated carbocycles. The fourth-order valence-corrected chi connectivity index (χ4v) is 6.44. The Balaban J connectivity index is 1.52. The van der Waals surface area contributed by atoms with Crippen molar-refractivity contribution in [1.29, 1.82) is 0 Å². The summed E-state index contributed by atoms with van der Waals surface area (Å²) in [5, 5.41) is 12.9. The van der Waals surface area contributed by atoms with Crippen LogP contribution >= 0.6 is 22.9 Å². The van der Waals surface area contributed by atoms with Crippen molar-refractivity contribution in [3.05, 3.63) is 51.9 Å². The lowest BCUT2D eigenvalue weighted by Crippen LogP contribution is -2.41. The van der Waals surface area contributed by atoms with Crippen molar-refractivity contribution < 1.29 is 18.0 Å². The molecule has 1 heterocycles. The van der Waals surface area contributed by atoms with Crippen LogP contribution < -0.4 is 37.5 Å². The second-order valence-electron chi connectivity index (χ2n) is 9.90. The number of hydrogen-bond acceptors (Lipinski definition) is 9. The summed E-state index contributed by atoms with van der Waals surface area (Å²) >= 11 is 6.95. The fraction of sp³-hybridized carbons (Fsp3) is 0.571. The standard InChI is InChI=1S/C28H46ClN7O4S2/c29-23-10-8-22(9-11-23)27(37)35-21-24-12-13-26(41-24)42(39,40)36-20-2-1-7-25(31)28(38)34-19-6-18-33-16-4-3-15-32-17-5-14-30/h8-13,25,32-33,36H,1-7,14-21,30-31H2,(H,34,38)(H,35,37)/t25-/m0/s1. The Kier molecular flexibility index (Phi) is 17.8. The van der Waals surface area contributed by atoms with Gasteiger partial charge in [-0.3, -0.25) is 9.59 Å². The number of rotatable bonds is 23. The van der Waals surface area contributed by atoms with E-state index < -0.39 is 16.1 Å². The van der Waals surface area contributed by atoms with Crippen molar-refractivity contribution in [3.8, 4) is 0 Å². The first kappa shape index (κ1) is 36.1. The molecule has 11 nitrogen and oxygen atoms in total. The zero-order valence-corrected chi connectivity index (χ0v) is 26.5. The third-order valence-electron chi connectivity index (χ3n) is 6.35. The fourth-order valence-electron chi connectivity index (χ4n) is 3.90. The zero-order valence-electron chi connectivity index (χ0n) is 24.1. The van der Waals surface area contributed by atoms with Gasteiger partial charge in [-0.2, -0.15) is 0 Å². The molecule has 1 aromatic carbocycles. The molecule has 0 unspecified atom stereocenters. The second kappa shape index (κ2) is 20.7. The number of hydrogen-bond donors (Lipinski definition) is 7. The first-order chi connectivity index (χ1) is 20.2. The van der Waals surface area contributed by atoms with Crippen LogP contribution in [0.2, 0.25) is 5.02 Å². The number of nitrogens with one attached hydrogen (secondary N) is 5. The maximum atomic E-state index is 12.6. The number of sulfonamides is 1. The number of benzene rings is 1. The zero-order chi connectivity index (χ0) is 30.6. The van der Waals surface area contributed by atoms with Gasteiger partial charge in [-0.1, -0.05) is 18.0 Å². The van der Waals surface area contributed by atoms with E-state index in [1.54, 1.807) is 30.3 Å². The van der Waals surface area contributed by atoms with Gasteiger partial charge in [-0.25, -0.2) is 13.1 Å². The molecule has 0 aliphatic heterocycles. The van der Waals surface area contributed by atoms with Gasteiger partial charge >= 0.3 is 0 Å². The van der Waals surface area contributed by atoms with Crippen LogP contribution in [0.4, 0.5) is 0 Å². The van der Waals surface area contributed by atoms with Crippen LogP contribution in [0.1, 0.15) is 60.2 Å². The molecule has 0 bridgehead atoms. The van der Waals surface area contributed by atoms with Crippen LogP contribution in [0.3, 0.4) is 0 Å². The van der Waals surface area contributed by atoms with E-state index in [1.807, 2.05) is 0 Å². The maximum Gasteiger partial charge on any atom is 0.251 e. The van der Waals surface area contributed by atoms with Gasteiger partial charge < -0.3 is 32.7 Å². The first-order valence-corrected chi connectivity index (χ1v) is 17.2. The van der Waals surface area contributed by atoms with Gasteiger partial charge in [0, 0.05) is 28.6 Å². The first-order valence-electron chi connectivity index (χ1n) is 14.5. The van der Waals surface area contributed by atoms with Crippen LogP contribution in [0.25, 0.3) is 0 Å². The highest BCUT2D eigenvalue weighted by molar-refractivity contribution is 7.91.